The first-order chi connectivity index (χ1) is 19.6. The van der Waals surface area contributed by atoms with Gasteiger partial charge in [-0.05, 0) is 54.7 Å². The molecule has 0 bridgehead atoms. The second-order valence-electron chi connectivity index (χ2n) is 9.64. The minimum atomic E-state index is -0.874. The number of H-pyrrole nitrogens is 1. The zero-order chi connectivity index (χ0) is 27.7. The highest BCUT2D eigenvalue weighted by Crippen LogP contribution is 2.32. The van der Waals surface area contributed by atoms with Gasteiger partial charge in [0.1, 0.15) is 24.2 Å². The number of amides is 2. The first kappa shape index (κ1) is 27.0. The van der Waals surface area contributed by atoms with Crippen LogP contribution in [0.15, 0.2) is 72.9 Å². The Bertz CT molecular complexity index is 1430. The fourth-order valence-electron chi connectivity index (χ4n) is 4.48. The number of nitrogens with one attached hydrogen (secondary N) is 2. The lowest BCUT2D eigenvalue weighted by Gasteiger charge is -2.20. The molecule has 40 heavy (non-hydrogen) atoms. The second kappa shape index (κ2) is 13.0. The van der Waals surface area contributed by atoms with Crippen molar-refractivity contribution in [1.82, 2.24) is 25.5 Å². The number of aromatic amines is 1. The monoisotopic (exact) mass is 540 g/mol. The number of anilines is 1. The Hall–Kier alpha value is -4.57. The van der Waals surface area contributed by atoms with Crippen LogP contribution in [0.4, 0.5) is 5.69 Å². The summed E-state index contributed by atoms with van der Waals surface area (Å²) in [6, 6.07) is 20.5. The Kier molecular flexibility index (Phi) is 8.77. The Balaban J connectivity index is 1.12. The van der Waals surface area contributed by atoms with Gasteiger partial charge in [-0.1, -0.05) is 42.5 Å². The highest BCUT2D eigenvalue weighted by Gasteiger charge is 2.31. The van der Waals surface area contributed by atoms with Crippen LogP contribution in [0.5, 0.6) is 5.75 Å². The number of hydrogen-bond acceptors (Lipinski definition) is 7. The topological polar surface area (TPSA) is 122 Å². The maximum absolute atomic E-state index is 13.2. The Morgan fingerprint density at radius 1 is 1.10 bits per heavy atom. The average Bonchev–Trinajstić information content (AvgIpc) is 3.42. The highest BCUT2D eigenvalue weighted by atomic mass is 16.5. The fourth-order valence-corrected chi connectivity index (χ4v) is 4.48. The number of carbonyl (C=O) groups excluding carboxylic acids is 2. The van der Waals surface area contributed by atoms with Crippen molar-refractivity contribution in [2.45, 2.75) is 38.3 Å². The summed E-state index contributed by atoms with van der Waals surface area (Å²) < 4.78 is 11.6. The third-order valence-electron chi connectivity index (χ3n) is 6.65. The number of nitrogens with zero attached hydrogens (tertiary/aromatic N) is 4. The number of carbonyl (C=O) groups is 2. The van der Waals surface area contributed by atoms with E-state index in [1.54, 1.807) is 13.2 Å². The van der Waals surface area contributed by atoms with Crippen molar-refractivity contribution < 1.29 is 19.1 Å². The van der Waals surface area contributed by atoms with Crippen LogP contribution in [-0.2, 0) is 29.0 Å². The molecule has 2 aromatic heterocycles. The van der Waals surface area contributed by atoms with Crippen molar-refractivity contribution >= 4 is 17.5 Å². The first-order valence-corrected chi connectivity index (χ1v) is 13.3. The van der Waals surface area contributed by atoms with E-state index in [1.165, 1.54) is 4.90 Å². The lowest BCUT2D eigenvalue weighted by molar-refractivity contribution is -0.120. The quantitative estimate of drug-likeness (QED) is 0.279. The van der Waals surface area contributed by atoms with Gasteiger partial charge in [0.15, 0.2) is 0 Å². The van der Waals surface area contributed by atoms with E-state index in [4.69, 9.17) is 9.47 Å². The molecule has 10 nitrogen and oxygen atoms in total. The molecule has 0 fully saturated rings. The number of unbranched alkanes of at least 4 members (excludes halogenated alkanes) is 1. The summed E-state index contributed by atoms with van der Waals surface area (Å²) in [5.74, 6) is 0.333. The van der Waals surface area contributed by atoms with E-state index < -0.39 is 11.9 Å². The van der Waals surface area contributed by atoms with Crippen molar-refractivity contribution in [2.75, 3.05) is 25.2 Å². The van der Waals surface area contributed by atoms with Gasteiger partial charge in [0, 0.05) is 26.3 Å². The minimum absolute atomic E-state index is 0.0101. The summed E-state index contributed by atoms with van der Waals surface area (Å²) in [6.07, 6.45) is 4.99. The van der Waals surface area contributed by atoms with E-state index in [0.717, 1.165) is 36.1 Å². The second-order valence-corrected chi connectivity index (χ2v) is 9.64. The van der Waals surface area contributed by atoms with E-state index in [2.05, 4.69) is 25.5 Å². The molecule has 5 rings (SSSR count). The molecular weight excluding hydrogens is 508 g/mol. The molecule has 0 saturated carbocycles. The molecule has 3 heterocycles. The third kappa shape index (κ3) is 6.89. The van der Waals surface area contributed by atoms with E-state index in [9.17, 15) is 9.59 Å². The van der Waals surface area contributed by atoms with Crippen molar-refractivity contribution in [2.24, 2.45) is 0 Å². The standard InChI is InChI=1S/C30H32N6O4/c1-36-25-17-22(11-6-8-16-39-19-23-12-5-7-15-31-23)13-14-26(25)40-20-24(30(36)38)32-29(37)28-33-27(34-35-28)18-21-9-3-2-4-10-21/h2-5,7,9-10,12-15,17,24H,6,8,11,16,18-20H2,1H3,(H,32,37)(H,33,34,35). The van der Waals surface area contributed by atoms with Crippen LogP contribution in [0.1, 0.15) is 46.1 Å². The zero-order valence-electron chi connectivity index (χ0n) is 22.4. The molecule has 10 heteroatoms. The van der Waals surface area contributed by atoms with Crippen molar-refractivity contribution in [1.29, 1.82) is 0 Å². The molecule has 4 aromatic rings. The number of aromatic nitrogens is 4. The first-order valence-electron chi connectivity index (χ1n) is 13.3. The lowest BCUT2D eigenvalue weighted by atomic mass is 10.1. The molecule has 0 spiro atoms. The Labute approximate surface area is 232 Å². The number of hydrogen-bond donors (Lipinski definition) is 2. The minimum Gasteiger partial charge on any atom is -0.489 e. The molecule has 1 atom stereocenters. The average molecular weight is 541 g/mol. The van der Waals surface area contributed by atoms with Gasteiger partial charge in [-0.25, -0.2) is 4.98 Å². The summed E-state index contributed by atoms with van der Waals surface area (Å²) in [6.45, 7) is 1.17. The molecular formula is C30H32N6O4. The molecule has 2 aromatic carbocycles. The fraction of sp³-hybridized carbons (Fsp3) is 0.300. The Morgan fingerprint density at radius 2 is 1.95 bits per heavy atom. The van der Waals surface area contributed by atoms with Crippen molar-refractivity contribution in [3.63, 3.8) is 0 Å². The summed E-state index contributed by atoms with van der Waals surface area (Å²) in [7, 11) is 1.69. The van der Waals surface area contributed by atoms with E-state index in [-0.39, 0.29) is 18.3 Å². The van der Waals surface area contributed by atoms with E-state index in [0.29, 0.717) is 36.9 Å². The third-order valence-corrected chi connectivity index (χ3v) is 6.65. The summed E-state index contributed by atoms with van der Waals surface area (Å²) in [5.41, 5.74) is 3.74. The summed E-state index contributed by atoms with van der Waals surface area (Å²) in [5, 5.41) is 9.56. The number of fused-ring (bicyclic) bond motifs is 1. The van der Waals surface area contributed by atoms with Gasteiger partial charge in [0.2, 0.25) is 5.82 Å². The van der Waals surface area contributed by atoms with Crippen LogP contribution in [-0.4, -0.2) is 58.3 Å². The predicted octanol–water partition coefficient (Wildman–Crippen LogP) is 3.48. The van der Waals surface area contributed by atoms with Gasteiger partial charge in [0.05, 0.1) is 18.0 Å². The maximum Gasteiger partial charge on any atom is 0.291 e. The Morgan fingerprint density at radius 3 is 2.77 bits per heavy atom. The molecule has 1 unspecified atom stereocenters. The molecule has 2 N–H and O–H groups in total. The molecule has 0 aliphatic carbocycles. The largest absolute Gasteiger partial charge is 0.489 e. The summed E-state index contributed by atoms with van der Waals surface area (Å²) in [4.78, 5) is 36.2. The number of likely N-dealkylation sites (N-methyl/N-ethyl adjacent to an activating group) is 1. The molecule has 1 aliphatic heterocycles. The molecule has 206 valence electrons. The smallest absolute Gasteiger partial charge is 0.291 e. The van der Waals surface area contributed by atoms with Crippen LogP contribution in [0, 0.1) is 0 Å². The normalized spacial score (nSPS) is 14.8. The van der Waals surface area contributed by atoms with Crippen LogP contribution in [0.3, 0.4) is 0 Å². The van der Waals surface area contributed by atoms with Crippen LogP contribution < -0.4 is 15.0 Å². The predicted molar refractivity (Wildman–Crippen MR) is 149 cm³/mol. The highest BCUT2D eigenvalue weighted by molar-refractivity contribution is 6.02. The SMILES string of the molecule is CN1C(=O)C(NC(=O)c2n[nH]c(Cc3ccccc3)n2)COc2ccc(CCCCOCc3ccccn3)cc21. The van der Waals surface area contributed by atoms with Gasteiger partial charge in [-0.2, -0.15) is 0 Å². The number of pyridine rings is 1. The summed E-state index contributed by atoms with van der Waals surface area (Å²) >= 11 is 0. The zero-order valence-corrected chi connectivity index (χ0v) is 22.4. The number of benzene rings is 2. The number of aryl methyl sites for hydroxylation is 1. The van der Waals surface area contributed by atoms with E-state index >= 15 is 0 Å². The lowest BCUT2D eigenvalue weighted by Crippen LogP contribution is -2.49. The molecule has 0 radical (unpaired) electrons. The van der Waals surface area contributed by atoms with Gasteiger partial charge < -0.3 is 19.7 Å². The van der Waals surface area contributed by atoms with Gasteiger partial charge >= 0.3 is 0 Å². The van der Waals surface area contributed by atoms with Crippen LogP contribution >= 0.6 is 0 Å². The van der Waals surface area contributed by atoms with Crippen molar-refractivity contribution in [3.8, 4) is 5.75 Å². The molecule has 2 amide bonds. The van der Waals surface area contributed by atoms with Gasteiger partial charge in [0.25, 0.3) is 11.8 Å². The van der Waals surface area contributed by atoms with Gasteiger partial charge in [-0.15, -0.1) is 5.10 Å². The van der Waals surface area contributed by atoms with Crippen LogP contribution in [0.25, 0.3) is 0 Å². The maximum atomic E-state index is 13.2. The molecule has 0 saturated heterocycles. The molecule has 1 aliphatic rings. The van der Waals surface area contributed by atoms with Crippen molar-refractivity contribution in [3.05, 3.63) is 101 Å². The van der Waals surface area contributed by atoms with E-state index in [1.807, 2.05) is 66.7 Å². The van der Waals surface area contributed by atoms with Gasteiger partial charge in [-0.3, -0.25) is 19.7 Å². The van der Waals surface area contributed by atoms with Crippen LogP contribution in [0.2, 0.25) is 0 Å². The number of rotatable bonds is 11. The number of ether oxygens (including phenoxy) is 2.